The molecular weight excluding hydrogens is 536 g/mol. The van der Waals surface area contributed by atoms with Crippen molar-refractivity contribution in [1.82, 2.24) is 25.3 Å². The van der Waals surface area contributed by atoms with Gasteiger partial charge < -0.3 is 30.2 Å². The Bertz CT molecular complexity index is 1410. The van der Waals surface area contributed by atoms with Gasteiger partial charge in [-0.3, -0.25) is 19.3 Å². The van der Waals surface area contributed by atoms with Crippen LogP contribution in [-0.4, -0.2) is 90.7 Å². The molecule has 0 aliphatic carbocycles. The molecule has 0 bridgehead atoms. The van der Waals surface area contributed by atoms with Crippen LogP contribution in [-0.2, 0) is 32.1 Å². The number of carbonyl (C=O) groups excluding carboxylic acids is 4. The number of aryl methyl sites for hydroxylation is 1. The first-order valence-corrected chi connectivity index (χ1v) is 14.1. The Kier molecular flexibility index (Phi) is 12.5. The zero-order valence-corrected chi connectivity index (χ0v) is 24.5. The Morgan fingerprint density at radius 1 is 1.10 bits per heavy atom. The maximum atomic E-state index is 11.8. The molecule has 0 spiro atoms. The Balaban J connectivity index is 0.000000379. The molecule has 2 amide bonds. The van der Waals surface area contributed by atoms with E-state index in [1.807, 2.05) is 27.9 Å². The number of aliphatic imine (C=N–C) groups is 1. The molecule has 3 heterocycles. The third-order valence-corrected chi connectivity index (χ3v) is 7.26. The van der Waals surface area contributed by atoms with Gasteiger partial charge in [-0.05, 0) is 67.6 Å². The molecule has 42 heavy (non-hydrogen) atoms. The summed E-state index contributed by atoms with van der Waals surface area (Å²) >= 11 is 0. The highest BCUT2D eigenvalue weighted by Gasteiger charge is 2.27. The van der Waals surface area contributed by atoms with Gasteiger partial charge in [-0.2, -0.15) is 5.10 Å². The third kappa shape index (κ3) is 7.95. The van der Waals surface area contributed by atoms with E-state index in [9.17, 15) is 19.2 Å². The van der Waals surface area contributed by atoms with Crippen molar-refractivity contribution in [2.24, 2.45) is 4.99 Å². The number of benzene rings is 2. The predicted octanol–water partition coefficient (Wildman–Crippen LogP) is 2.41. The van der Waals surface area contributed by atoms with Crippen LogP contribution in [0, 0.1) is 0 Å². The van der Waals surface area contributed by atoms with Crippen molar-refractivity contribution in [3.05, 3.63) is 47.7 Å². The van der Waals surface area contributed by atoms with E-state index in [2.05, 4.69) is 39.9 Å². The quantitative estimate of drug-likeness (QED) is 0.349. The number of rotatable bonds is 8. The molecule has 3 N–H and O–H groups in total. The second-order valence-electron chi connectivity index (χ2n) is 9.91. The minimum absolute atomic E-state index is 0.0977. The molecule has 3 aromatic rings. The van der Waals surface area contributed by atoms with Crippen molar-refractivity contribution in [3.63, 3.8) is 0 Å². The first-order valence-electron chi connectivity index (χ1n) is 14.1. The number of amides is 2. The first kappa shape index (κ1) is 32.3. The molecule has 224 valence electrons. The Morgan fingerprint density at radius 2 is 1.86 bits per heavy atom. The number of likely N-dealkylation sites (tertiary alicyclic amines) is 1. The molecule has 2 aliphatic rings. The molecule has 0 atom stereocenters. The molecule has 0 saturated carbocycles. The third-order valence-electron chi connectivity index (χ3n) is 7.26. The summed E-state index contributed by atoms with van der Waals surface area (Å²) < 4.78 is 1.82. The molecule has 11 heteroatoms. The fourth-order valence-corrected chi connectivity index (χ4v) is 5.30. The molecule has 2 aliphatic heterocycles. The van der Waals surface area contributed by atoms with Gasteiger partial charge in [-0.1, -0.05) is 18.2 Å². The fraction of sp³-hybridized carbons (Fsp3) is 0.419. The SMILES string of the molecule is CC(=O)N1CCC(c2nn(CC=O)c3cccc(-c4ccc5c(c4)CCC=N5)c23)CC1.CNCC(=O)NCC=O.CO. The number of hydrogen-bond acceptors (Lipinski definition) is 8. The molecule has 11 nitrogen and oxygen atoms in total. The van der Waals surface area contributed by atoms with Crippen molar-refractivity contribution in [2.45, 2.75) is 45.1 Å². The minimum Gasteiger partial charge on any atom is -0.400 e. The smallest absolute Gasteiger partial charge is 0.234 e. The molecule has 1 fully saturated rings. The average molecular weight is 577 g/mol. The van der Waals surface area contributed by atoms with Crippen molar-refractivity contribution in [3.8, 4) is 11.1 Å². The monoisotopic (exact) mass is 576 g/mol. The van der Waals surface area contributed by atoms with Crippen LogP contribution in [0.15, 0.2) is 41.4 Å². The Labute approximate surface area is 246 Å². The molecular formula is C31H40N6O5. The lowest BCUT2D eigenvalue weighted by Crippen LogP contribution is -2.36. The highest BCUT2D eigenvalue weighted by atomic mass is 16.2. The lowest BCUT2D eigenvalue weighted by atomic mass is 9.88. The van der Waals surface area contributed by atoms with Gasteiger partial charge in [0, 0.05) is 44.6 Å². The van der Waals surface area contributed by atoms with Crippen LogP contribution in [0.5, 0.6) is 0 Å². The Hall–Kier alpha value is -4.22. The largest absolute Gasteiger partial charge is 0.400 e. The predicted molar refractivity (Wildman–Crippen MR) is 163 cm³/mol. The average Bonchev–Trinajstić information content (AvgIpc) is 3.40. The van der Waals surface area contributed by atoms with E-state index in [0.717, 1.165) is 85.6 Å². The van der Waals surface area contributed by atoms with Gasteiger partial charge >= 0.3 is 0 Å². The number of hydrogen-bond donors (Lipinski definition) is 3. The highest BCUT2D eigenvalue weighted by molar-refractivity contribution is 5.98. The van der Waals surface area contributed by atoms with E-state index in [1.165, 1.54) is 5.56 Å². The number of piperidine rings is 1. The number of fused-ring (bicyclic) bond motifs is 2. The second-order valence-corrected chi connectivity index (χ2v) is 9.91. The van der Waals surface area contributed by atoms with Crippen LogP contribution in [0.3, 0.4) is 0 Å². The second kappa shape index (κ2) is 16.3. The van der Waals surface area contributed by atoms with Crippen molar-refractivity contribution in [2.75, 3.05) is 40.3 Å². The van der Waals surface area contributed by atoms with E-state index in [1.54, 1.807) is 14.0 Å². The van der Waals surface area contributed by atoms with E-state index in [4.69, 9.17) is 10.2 Å². The topological polar surface area (TPSA) is 146 Å². The summed E-state index contributed by atoms with van der Waals surface area (Å²) in [6, 6.07) is 12.7. The van der Waals surface area contributed by atoms with Crippen molar-refractivity contribution < 1.29 is 24.3 Å². The van der Waals surface area contributed by atoms with Crippen LogP contribution < -0.4 is 10.6 Å². The first-order chi connectivity index (χ1) is 20.5. The lowest BCUT2D eigenvalue weighted by molar-refractivity contribution is -0.129. The van der Waals surface area contributed by atoms with Gasteiger partial charge in [-0.25, -0.2) is 0 Å². The summed E-state index contributed by atoms with van der Waals surface area (Å²) in [5.41, 5.74) is 6.67. The van der Waals surface area contributed by atoms with Crippen LogP contribution in [0.25, 0.3) is 22.0 Å². The fourth-order valence-electron chi connectivity index (χ4n) is 5.30. The number of nitrogens with zero attached hydrogens (tertiary/aromatic N) is 4. The molecule has 5 rings (SSSR count). The Morgan fingerprint density at radius 3 is 2.52 bits per heavy atom. The standard InChI is InChI=1S/C25H26N4O2.C5H10N2O2.CH4O/c1-17(31)28-12-9-18(10-13-28)25-24-21(5-2-6-23(24)29(27-25)14-15-30)19-7-8-22-20(16-19)4-3-11-26-22;1-6-4-5(9)7-2-3-8;1-2/h2,5-8,11,15-16,18H,3-4,9-10,12-14H2,1H3;3,6H,2,4H2,1H3,(H,7,9);2H,1H3. The number of aliphatic hydroxyl groups excluding tert-OH is 1. The van der Waals surface area contributed by atoms with Gasteiger partial charge in [0.05, 0.1) is 36.5 Å². The summed E-state index contributed by atoms with van der Waals surface area (Å²) in [7, 11) is 2.67. The van der Waals surface area contributed by atoms with Crippen LogP contribution in [0.4, 0.5) is 5.69 Å². The number of carbonyl (C=O) groups is 4. The van der Waals surface area contributed by atoms with E-state index < -0.39 is 0 Å². The van der Waals surface area contributed by atoms with Gasteiger partial charge in [-0.15, -0.1) is 0 Å². The summed E-state index contributed by atoms with van der Waals surface area (Å²) in [5.74, 6) is 0.242. The zero-order valence-electron chi connectivity index (χ0n) is 24.5. The van der Waals surface area contributed by atoms with Crippen LogP contribution in [0.1, 0.15) is 43.4 Å². The van der Waals surface area contributed by atoms with E-state index in [0.29, 0.717) is 6.29 Å². The summed E-state index contributed by atoms with van der Waals surface area (Å²) in [5, 5.41) is 18.0. The summed E-state index contributed by atoms with van der Waals surface area (Å²) in [6.07, 6.45) is 7.28. The summed E-state index contributed by atoms with van der Waals surface area (Å²) in [4.78, 5) is 49.7. The maximum Gasteiger partial charge on any atom is 0.234 e. The van der Waals surface area contributed by atoms with E-state index >= 15 is 0 Å². The van der Waals surface area contributed by atoms with Crippen LogP contribution in [0.2, 0.25) is 0 Å². The molecule has 0 radical (unpaired) electrons. The van der Waals surface area contributed by atoms with Gasteiger partial charge in [0.25, 0.3) is 0 Å². The molecule has 2 aromatic carbocycles. The van der Waals surface area contributed by atoms with Crippen LogP contribution >= 0.6 is 0 Å². The minimum atomic E-state index is -0.162. The molecule has 0 unspecified atom stereocenters. The number of aliphatic hydroxyl groups is 1. The van der Waals surface area contributed by atoms with E-state index in [-0.39, 0.29) is 37.4 Å². The molecule has 1 aromatic heterocycles. The maximum absolute atomic E-state index is 11.8. The van der Waals surface area contributed by atoms with Gasteiger partial charge in [0.2, 0.25) is 11.8 Å². The number of aldehydes is 2. The van der Waals surface area contributed by atoms with Gasteiger partial charge in [0.15, 0.2) is 0 Å². The summed E-state index contributed by atoms with van der Waals surface area (Å²) in [6.45, 7) is 3.73. The number of nitrogens with one attached hydrogen (secondary N) is 2. The van der Waals surface area contributed by atoms with Crippen molar-refractivity contribution in [1.29, 1.82) is 0 Å². The highest BCUT2D eigenvalue weighted by Crippen LogP contribution is 2.39. The number of aromatic nitrogens is 2. The normalized spacial score (nSPS) is 14.1. The number of likely N-dealkylation sites (N-methyl/N-ethyl adjacent to an activating group) is 1. The lowest BCUT2D eigenvalue weighted by Gasteiger charge is -2.30. The molecule has 1 saturated heterocycles. The zero-order chi connectivity index (χ0) is 30.5. The van der Waals surface area contributed by atoms with Gasteiger partial charge in [0.1, 0.15) is 12.6 Å². The van der Waals surface area contributed by atoms with Crippen molar-refractivity contribution >= 4 is 47.2 Å².